The van der Waals surface area contributed by atoms with Crippen LogP contribution in [0, 0.1) is 0 Å². The Morgan fingerprint density at radius 3 is 2.71 bits per heavy atom. The van der Waals surface area contributed by atoms with Gasteiger partial charge in [0, 0.05) is 18.7 Å². The molecule has 4 rings (SSSR count). The third-order valence-electron chi connectivity index (χ3n) is 5.46. The molecule has 8 nitrogen and oxygen atoms in total. The number of carbonyl (C=O) groups is 1. The molecule has 1 aromatic heterocycles. The van der Waals surface area contributed by atoms with Crippen molar-refractivity contribution in [3.05, 3.63) is 53.9 Å². The highest BCUT2D eigenvalue weighted by Gasteiger charge is 2.31. The van der Waals surface area contributed by atoms with E-state index in [4.69, 9.17) is 18.7 Å². The van der Waals surface area contributed by atoms with E-state index in [1.54, 1.807) is 37.3 Å². The first-order valence-corrected chi connectivity index (χ1v) is 10.1. The van der Waals surface area contributed by atoms with Gasteiger partial charge in [-0.25, -0.2) is 0 Å². The summed E-state index contributed by atoms with van der Waals surface area (Å²) in [6.07, 6.45) is 1.72. The number of rotatable bonds is 6. The summed E-state index contributed by atoms with van der Waals surface area (Å²) in [7, 11) is 4.70. The van der Waals surface area contributed by atoms with Crippen LogP contribution in [0.3, 0.4) is 0 Å². The van der Waals surface area contributed by atoms with Crippen LogP contribution in [0.25, 0.3) is 11.4 Å². The predicted molar refractivity (Wildman–Crippen MR) is 114 cm³/mol. The maximum absolute atomic E-state index is 13.2. The molecule has 0 radical (unpaired) electrons. The second-order valence-electron chi connectivity index (χ2n) is 7.32. The van der Waals surface area contributed by atoms with E-state index in [0.717, 1.165) is 24.2 Å². The van der Waals surface area contributed by atoms with Crippen molar-refractivity contribution in [2.75, 3.05) is 34.4 Å². The van der Waals surface area contributed by atoms with Gasteiger partial charge in [0.25, 0.3) is 5.91 Å². The Kier molecular flexibility index (Phi) is 6.06. The van der Waals surface area contributed by atoms with Gasteiger partial charge < -0.3 is 23.6 Å². The molecule has 1 amide bonds. The maximum Gasteiger partial charge on any atom is 0.257 e. The highest BCUT2D eigenvalue weighted by Crippen LogP contribution is 2.34. The van der Waals surface area contributed by atoms with Gasteiger partial charge in [0.05, 0.1) is 32.8 Å². The lowest BCUT2D eigenvalue weighted by Gasteiger charge is -2.31. The van der Waals surface area contributed by atoms with Gasteiger partial charge >= 0.3 is 0 Å². The van der Waals surface area contributed by atoms with Crippen molar-refractivity contribution in [3.63, 3.8) is 0 Å². The Hall–Kier alpha value is -3.55. The fourth-order valence-corrected chi connectivity index (χ4v) is 3.87. The summed E-state index contributed by atoms with van der Waals surface area (Å²) in [5.74, 6) is 2.61. The molecule has 1 aliphatic heterocycles. The van der Waals surface area contributed by atoms with Gasteiger partial charge in [-0.05, 0) is 37.1 Å². The van der Waals surface area contributed by atoms with Gasteiger partial charge in [0.1, 0.15) is 5.75 Å². The molecule has 2 aromatic carbocycles. The van der Waals surface area contributed by atoms with Crippen LogP contribution >= 0.6 is 0 Å². The van der Waals surface area contributed by atoms with Crippen LogP contribution in [-0.2, 0) is 0 Å². The zero-order chi connectivity index (χ0) is 21.8. The Morgan fingerprint density at radius 2 is 1.94 bits per heavy atom. The summed E-state index contributed by atoms with van der Waals surface area (Å²) < 4.78 is 21.6. The largest absolute Gasteiger partial charge is 0.497 e. The first-order valence-electron chi connectivity index (χ1n) is 10.1. The highest BCUT2D eigenvalue weighted by atomic mass is 16.5. The number of methoxy groups -OCH3 is 3. The summed E-state index contributed by atoms with van der Waals surface area (Å²) in [6.45, 7) is 1.16. The molecule has 2 heterocycles. The molecule has 1 atom stereocenters. The smallest absolute Gasteiger partial charge is 0.257 e. The molecule has 0 spiro atoms. The van der Waals surface area contributed by atoms with E-state index in [2.05, 4.69) is 10.1 Å². The summed E-state index contributed by atoms with van der Waals surface area (Å²) in [6, 6.07) is 12.8. The lowest BCUT2D eigenvalue weighted by atomic mass is 9.97. The standard InChI is InChI=1S/C23H25N3O5/c1-28-17-9-4-7-15(13-17)21-24-22(31-25-21)16-8-6-12-26(14-16)23(27)18-10-5-11-19(29-2)20(18)30-3/h4-5,7,9-11,13,16H,6,8,12,14H2,1-3H3/t16-/m1/s1. The van der Waals surface area contributed by atoms with Gasteiger partial charge in [0.15, 0.2) is 11.5 Å². The number of hydrogen-bond acceptors (Lipinski definition) is 7. The van der Waals surface area contributed by atoms with E-state index >= 15 is 0 Å². The van der Waals surface area contributed by atoms with Crippen molar-refractivity contribution in [2.24, 2.45) is 0 Å². The molecule has 31 heavy (non-hydrogen) atoms. The minimum atomic E-state index is -0.104. The molecule has 0 saturated carbocycles. The zero-order valence-corrected chi connectivity index (χ0v) is 17.8. The highest BCUT2D eigenvalue weighted by molar-refractivity contribution is 5.98. The SMILES string of the molecule is COc1cccc(-c2noc([C@@H]3CCCN(C(=O)c4cccc(OC)c4OC)C3)n2)c1. The van der Waals surface area contributed by atoms with Crippen LogP contribution in [0.15, 0.2) is 47.0 Å². The molecular formula is C23H25N3O5. The molecule has 0 unspecified atom stereocenters. The number of carbonyl (C=O) groups excluding carboxylic acids is 1. The quantitative estimate of drug-likeness (QED) is 0.596. The van der Waals surface area contributed by atoms with Crippen LogP contribution in [0.1, 0.15) is 35.0 Å². The van der Waals surface area contributed by atoms with Gasteiger partial charge in [0.2, 0.25) is 11.7 Å². The first-order chi connectivity index (χ1) is 15.1. The van der Waals surface area contributed by atoms with Crippen LogP contribution in [0.4, 0.5) is 0 Å². The minimum absolute atomic E-state index is 0.0267. The predicted octanol–water partition coefficient (Wildman–Crippen LogP) is 3.78. The summed E-state index contributed by atoms with van der Waals surface area (Å²) in [4.78, 5) is 19.6. The van der Waals surface area contributed by atoms with Crippen molar-refractivity contribution in [1.29, 1.82) is 0 Å². The van der Waals surface area contributed by atoms with Crippen molar-refractivity contribution >= 4 is 5.91 Å². The molecule has 1 aliphatic rings. The lowest BCUT2D eigenvalue weighted by Crippen LogP contribution is -2.39. The number of aromatic nitrogens is 2. The Labute approximate surface area is 180 Å². The number of likely N-dealkylation sites (tertiary alicyclic amines) is 1. The normalized spacial score (nSPS) is 16.1. The van der Waals surface area contributed by atoms with E-state index in [-0.39, 0.29) is 11.8 Å². The Morgan fingerprint density at radius 1 is 1.10 bits per heavy atom. The number of benzene rings is 2. The Bertz CT molecular complexity index is 1060. The molecular weight excluding hydrogens is 398 g/mol. The zero-order valence-electron chi connectivity index (χ0n) is 17.8. The monoisotopic (exact) mass is 423 g/mol. The molecule has 8 heteroatoms. The molecule has 0 aliphatic carbocycles. The van der Waals surface area contributed by atoms with Crippen LogP contribution in [0.2, 0.25) is 0 Å². The van der Waals surface area contributed by atoms with Crippen molar-refractivity contribution in [2.45, 2.75) is 18.8 Å². The topological polar surface area (TPSA) is 86.9 Å². The molecule has 0 bridgehead atoms. The summed E-state index contributed by atoms with van der Waals surface area (Å²) >= 11 is 0. The van der Waals surface area contributed by atoms with Gasteiger partial charge in [-0.1, -0.05) is 23.4 Å². The Balaban J connectivity index is 1.53. The van der Waals surface area contributed by atoms with Crippen molar-refractivity contribution in [1.82, 2.24) is 15.0 Å². The lowest BCUT2D eigenvalue weighted by molar-refractivity contribution is 0.0691. The van der Waals surface area contributed by atoms with Crippen LogP contribution in [0.5, 0.6) is 17.2 Å². The van der Waals surface area contributed by atoms with E-state index in [9.17, 15) is 4.79 Å². The van der Waals surface area contributed by atoms with Crippen LogP contribution < -0.4 is 14.2 Å². The van der Waals surface area contributed by atoms with Gasteiger partial charge in [-0.15, -0.1) is 0 Å². The van der Waals surface area contributed by atoms with Gasteiger partial charge in [-0.3, -0.25) is 4.79 Å². The number of hydrogen-bond donors (Lipinski definition) is 0. The molecule has 3 aromatic rings. The second-order valence-corrected chi connectivity index (χ2v) is 7.32. The van der Waals surface area contributed by atoms with E-state index in [1.165, 1.54) is 7.11 Å². The number of nitrogens with zero attached hydrogens (tertiary/aromatic N) is 3. The molecule has 162 valence electrons. The van der Waals surface area contributed by atoms with E-state index in [1.807, 2.05) is 24.3 Å². The first kappa shape index (κ1) is 20.7. The number of amides is 1. The number of ether oxygens (including phenoxy) is 3. The fraction of sp³-hybridized carbons (Fsp3) is 0.348. The third-order valence-corrected chi connectivity index (χ3v) is 5.46. The fourth-order valence-electron chi connectivity index (χ4n) is 3.87. The molecule has 1 fully saturated rings. The second kappa shape index (κ2) is 9.07. The van der Waals surface area contributed by atoms with E-state index in [0.29, 0.717) is 41.9 Å². The summed E-state index contributed by atoms with van der Waals surface area (Å²) in [5.41, 5.74) is 1.30. The average Bonchev–Trinajstić information content (AvgIpc) is 3.33. The molecule has 1 saturated heterocycles. The van der Waals surface area contributed by atoms with Crippen molar-refractivity contribution < 1.29 is 23.5 Å². The van der Waals surface area contributed by atoms with Crippen molar-refractivity contribution in [3.8, 4) is 28.6 Å². The summed E-state index contributed by atoms with van der Waals surface area (Å²) in [5, 5.41) is 4.13. The molecule has 0 N–H and O–H groups in total. The minimum Gasteiger partial charge on any atom is -0.497 e. The number of piperidine rings is 1. The maximum atomic E-state index is 13.2. The number of para-hydroxylation sites is 1. The third kappa shape index (κ3) is 4.19. The van der Waals surface area contributed by atoms with Crippen LogP contribution in [-0.4, -0.2) is 55.4 Å². The van der Waals surface area contributed by atoms with E-state index < -0.39 is 0 Å². The van der Waals surface area contributed by atoms with Gasteiger partial charge in [-0.2, -0.15) is 4.98 Å². The average molecular weight is 423 g/mol.